The largest absolute Gasteiger partial charge is 0.478 e. The van der Waals surface area contributed by atoms with Crippen LogP contribution in [-0.4, -0.2) is 17.0 Å². The number of carboxylic acid groups (broad SMARTS) is 1. The van der Waals surface area contributed by atoms with Crippen molar-refractivity contribution < 1.29 is 14.7 Å². The molecule has 4 nitrogen and oxygen atoms in total. The Labute approximate surface area is 126 Å². The summed E-state index contributed by atoms with van der Waals surface area (Å²) >= 11 is 1.59. The summed E-state index contributed by atoms with van der Waals surface area (Å²) in [5.74, 6) is -1.18. The van der Waals surface area contributed by atoms with Gasteiger partial charge in [0.05, 0.1) is 0 Å². The Morgan fingerprint density at radius 3 is 2.81 bits per heavy atom. The van der Waals surface area contributed by atoms with Crippen molar-refractivity contribution in [3.8, 4) is 0 Å². The number of benzene rings is 1. The summed E-state index contributed by atoms with van der Waals surface area (Å²) in [7, 11) is 0. The second-order valence-electron chi connectivity index (χ2n) is 4.56. The minimum atomic E-state index is -1.01. The van der Waals surface area contributed by atoms with E-state index in [2.05, 4.69) is 5.32 Å². The summed E-state index contributed by atoms with van der Waals surface area (Å²) in [6.45, 7) is 2.33. The fraction of sp³-hybridized carbons (Fsp3) is 0.125. The van der Waals surface area contributed by atoms with Crippen LogP contribution in [0.25, 0.3) is 6.08 Å². The molecule has 2 N–H and O–H groups in total. The van der Waals surface area contributed by atoms with Gasteiger partial charge in [-0.1, -0.05) is 12.1 Å². The van der Waals surface area contributed by atoms with Crippen LogP contribution in [0.3, 0.4) is 0 Å². The zero-order valence-corrected chi connectivity index (χ0v) is 12.3. The molecule has 0 bridgehead atoms. The Hall–Kier alpha value is -2.40. The first-order valence-electron chi connectivity index (χ1n) is 6.37. The van der Waals surface area contributed by atoms with Gasteiger partial charge < -0.3 is 10.4 Å². The molecule has 0 spiro atoms. The Morgan fingerprint density at radius 2 is 2.14 bits per heavy atom. The topological polar surface area (TPSA) is 66.4 Å². The van der Waals surface area contributed by atoms with Gasteiger partial charge in [-0.3, -0.25) is 4.79 Å². The molecule has 0 unspecified atom stereocenters. The molecule has 0 fully saturated rings. The van der Waals surface area contributed by atoms with Crippen LogP contribution >= 0.6 is 11.3 Å². The summed E-state index contributed by atoms with van der Waals surface area (Å²) in [6, 6.07) is 7.24. The van der Waals surface area contributed by atoms with E-state index in [1.807, 2.05) is 23.8 Å². The van der Waals surface area contributed by atoms with Crippen LogP contribution in [0.5, 0.6) is 0 Å². The van der Waals surface area contributed by atoms with Crippen molar-refractivity contribution in [2.45, 2.75) is 13.5 Å². The quantitative estimate of drug-likeness (QED) is 0.834. The molecular formula is C16H15NO3S. The Morgan fingerprint density at radius 1 is 1.33 bits per heavy atom. The zero-order chi connectivity index (χ0) is 15.2. The van der Waals surface area contributed by atoms with Gasteiger partial charge in [-0.25, -0.2) is 4.79 Å². The standard InChI is InChI=1S/C16H15NO3S/c1-11-2-3-12(4-5-15(18)19)8-14(11)16(20)17-9-13-6-7-21-10-13/h2-8,10H,9H2,1H3,(H,17,20)(H,18,19). The van der Waals surface area contributed by atoms with E-state index < -0.39 is 5.97 Å². The number of amides is 1. The summed E-state index contributed by atoms with van der Waals surface area (Å²) < 4.78 is 0. The van der Waals surface area contributed by atoms with Gasteiger partial charge in [0.15, 0.2) is 0 Å². The number of aliphatic carboxylic acids is 1. The van der Waals surface area contributed by atoms with Crippen LogP contribution in [-0.2, 0) is 11.3 Å². The van der Waals surface area contributed by atoms with Crippen LogP contribution in [0.1, 0.15) is 27.0 Å². The number of rotatable bonds is 5. The van der Waals surface area contributed by atoms with Crippen molar-refractivity contribution >= 4 is 29.3 Å². The lowest BCUT2D eigenvalue weighted by molar-refractivity contribution is -0.131. The molecule has 108 valence electrons. The van der Waals surface area contributed by atoms with Crippen molar-refractivity contribution in [1.82, 2.24) is 5.32 Å². The summed E-state index contributed by atoms with van der Waals surface area (Å²) in [6.07, 6.45) is 2.52. The lowest BCUT2D eigenvalue weighted by atomic mass is 10.0. The molecule has 2 rings (SSSR count). The molecule has 1 aromatic heterocycles. The predicted octanol–water partition coefficient (Wildman–Crippen LogP) is 3.08. The van der Waals surface area contributed by atoms with E-state index in [0.717, 1.165) is 17.2 Å². The number of hydrogen-bond donors (Lipinski definition) is 2. The number of aryl methyl sites for hydroxylation is 1. The van der Waals surface area contributed by atoms with E-state index >= 15 is 0 Å². The fourth-order valence-electron chi connectivity index (χ4n) is 1.83. The molecule has 2 aromatic rings. The second kappa shape index (κ2) is 6.85. The van der Waals surface area contributed by atoms with Crippen LogP contribution in [0.15, 0.2) is 41.1 Å². The molecule has 0 atom stereocenters. The molecule has 1 amide bonds. The SMILES string of the molecule is Cc1ccc(C=CC(=O)O)cc1C(=O)NCc1ccsc1. The van der Waals surface area contributed by atoms with Gasteiger partial charge in [-0.05, 0) is 52.6 Å². The number of nitrogens with one attached hydrogen (secondary N) is 1. The van der Waals surface area contributed by atoms with Crippen molar-refractivity contribution in [2.75, 3.05) is 0 Å². The molecule has 0 aliphatic carbocycles. The van der Waals surface area contributed by atoms with E-state index in [4.69, 9.17) is 5.11 Å². The highest BCUT2D eigenvalue weighted by Gasteiger charge is 2.09. The minimum Gasteiger partial charge on any atom is -0.478 e. The van der Waals surface area contributed by atoms with Gasteiger partial charge in [-0.2, -0.15) is 11.3 Å². The average Bonchev–Trinajstić information content (AvgIpc) is 2.97. The Bertz CT molecular complexity index is 675. The van der Waals surface area contributed by atoms with E-state index in [1.54, 1.807) is 29.5 Å². The Balaban J connectivity index is 2.12. The smallest absolute Gasteiger partial charge is 0.328 e. The average molecular weight is 301 g/mol. The summed E-state index contributed by atoms with van der Waals surface area (Å²) in [5.41, 5.74) is 3.15. The van der Waals surface area contributed by atoms with Crippen LogP contribution in [0.4, 0.5) is 0 Å². The van der Waals surface area contributed by atoms with Crippen molar-refractivity contribution in [2.24, 2.45) is 0 Å². The summed E-state index contributed by atoms with van der Waals surface area (Å²) in [5, 5.41) is 15.4. The van der Waals surface area contributed by atoms with Crippen molar-refractivity contribution in [3.05, 3.63) is 63.4 Å². The fourth-order valence-corrected chi connectivity index (χ4v) is 2.49. The molecule has 0 saturated heterocycles. The van der Waals surface area contributed by atoms with Gasteiger partial charge in [-0.15, -0.1) is 0 Å². The van der Waals surface area contributed by atoms with E-state index in [1.165, 1.54) is 6.08 Å². The summed E-state index contributed by atoms with van der Waals surface area (Å²) in [4.78, 5) is 22.7. The third kappa shape index (κ3) is 4.29. The third-order valence-electron chi connectivity index (χ3n) is 2.96. The molecule has 0 saturated carbocycles. The normalized spacial score (nSPS) is 10.7. The Kier molecular flexibility index (Phi) is 4.90. The number of hydrogen-bond acceptors (Lipinski definition) is 3. The molecule has 0 aliphatic heterocycles. The third-order valence-corrected chi connectivity index (χ3v) is 3.69. The van der Waals surface area contributed by atoms with Gasteiger partial charge in [0, 0.05) is 18.2 Å². The maximum Gasteiger partial charge on any atom is 0.328 e. The lowest BCUT2D eigenvalue weighted by Gasteiger charge is -2.08. The molecule has 0 aliphatic rings. The van der Waals surface area contributed by atoms with Gasteiger partial charge in [0.1, 0.15) is 0 Å². The first kappa shape index (κ1) is 15.0. The number of carboxylic acids is 1. The minimum absolute atomic E-state index is 0.163. The maximum atomic E-state index is 12.2. The molecule has 21 heavy (non-hydrogen) atoms. The number of carbonyl (C=O) groups is 2. The highest BCUT2D eigenvalue weighted by Crippen LogP contribution is 2.13. The molecular weight excluding hydrogens is 286 g/mol. The lowest BCUT2D eigenvalue weighted by Crippen LogP contribution is -2.23. The van der Waals surface area contributed by atoms with Gasteiger partial charge in [0.2, 0.25) is 0 Å². The van der Waals surface area contributed by atoms with Crippen molar-refractivity contribution in [1.29, 1.82) is 0 Å². The molecule has 1 aromatic carbocycles. The first-order valence-corrected chi connectivity index (χ1v) is 7.31. The number of thiophene rings is 1. The van der Waals surface area contributed by atoms with Crippen LogP contribution in [0.2, 0.25) is 0 Å². The zero-order valence-electron chi connectivity index (χ0n) is 11.5. The highest BCUT2D eigenvalue weighted by atomic mass is 32.1. The monoisotopic (exact) mass is 301 g/mol. The molecule has 0 radical (unpaired) electrons. The van der Waals surface area contributed by atoms with E-state index in [-0.39, 0.29) is 5.91 Å². The van der Waals surface area contributed by atoms with E-state index in [9.17, 15) is 9.59 Å². The van der Waals surface area contributed by atoms with E-state index in [0.29, 0.717) is 17.7 Å². The highest BCUT2D eigenvalue weighted by molar-refractivity contribution is 7.07. The first-order chi connectivity index (χ1) is 10.1. The predicted molar refractivity (Wildman–Crippen MR) is 83.3 cm³/mol. The van der Waals surface area contributed by atoms with Gasteiger partial charge in [0.25, 0.3) is 5.91 Å². The van der Waals surface area contributed by atoms with Crippen LogP contribution < -0.4 is 5.32 Å². The van der Waals surface area contributed by atoms with Gasteiger partial charge >= 0.3 is 5.97 Å². The second-order valence-corrected chi connectivity index (χ2v) is 5.34. The molecule has 5 heteroatoms. The molecule has 1 heterocycles. The maximum absolute atomic E-state index is 12.2. The van der Waals surface area contributed by atoms with Crippen LogP contribution in [0, 0.1) is 6.92 Å². The van der Waals surface area contributed by atoms with Crippen molar-refractivity contribution in [3.63, 3.8) is 0 Å². The number of carbonyl (C=O) groups excluding carboxylic acids is 1.